The van der Waals surface area contributed by atoms with Crippen molar-refractivity contribution in [2.24, 2.45) is 17.6 Å². The first kappa shape index (κ1) is 20.3. The molecule has 2 rings (SSSR count). The van der Waals surface area contributed by atoms with E-state index in [0.717, 1.165) is 19.3 Å². The number of hydrogen-bond donors (Lipinski definition) is 2. The summed E-state index contributed by atoms with van der Waals surface area (Å²) >= 11 is 0. The lowest BCUT2D eigenvalue weighted by Crippen LogP contribution is -2.29. The summed E-state index contributed by atoms with van der Waals surface area (Å²) in [7, 11) is 3.36. The number of nitrogens with zero attached hydrogens (tertiary/aromatic N) is 1. The summed E-state index contributed by atoms with van der Waals surface area (Å²) in [6.45, 7) is 0.524. The van der Waals surface area contributed by atoms with Crippen LogP contribution in [0.25, 0.3) is 0 Å². The molecule has 0 saturated heterocycles. The van der Waals surface area contributed by atoms with Crippen molar-refractivity contribution < 1.29 is 14.3 Å². The summed E-state index contributed by atoms with van der Waals surface area (Å²) in [4.78, 5) is 25.4. The maximum atomic E-state index is 12.4. The highest BCUT2D eigenvalue weighted by Gasteiger charge is 2.31. The normalized spacial score (nSPS) is 19.3. The first-order chi connectivity index (χ1) is 11.0. The third kappa shape index (κ3) is 5.39. The Balaban J connectivity index is 0.00000288. The van der Waals surface area contributed by atoms with Gasteiger partial charge in [-0.1, -0.05) is 12.5 Å². The van der Waals surface area contributed by atoms with Crippen LogP contribution in [0.4, 0.5) is 5.69 Å². The monoisotopic (exact) mass is 355 g/mol. The molecule has 2 amide bonds. The van der Waals surface area contributed by atoms with Crippen LogP contribution in [0.15, 0.2) is 24.3 Å². The molecule has 0 heterocycles. The molecule has 0 aliphatic heterocycles. The summed E-state index contributed by atoms with van der Waals surface area (Å²) in [5.74, 6) is 0.711. The van der Waals surface area contributed by atoms with Gasteiger partial charge in [-0.25, -0.2) is 0 Å². The first-order valence-corrected chi connectivity index (χ1v) is 7.95. The third-order valence-corrected chi connectivity index (χ3v) is 4.26. The molecule has 24 heavy (non-hydrogen) atoms. The fourth-order valence-electron chi connectivity index (χ4n) is 2.84. The van der Waals surface area contributed by atoms with Gasteiger partial charge in [-0.2, -0.15) is 0 Å². The van der Waals surface area contributed by atoms with Gasteiger partial charge in [-0.05, 0) is 37.4 Å². The van der Waals surface area contributed by atoms with E-state index in [1.165, 1.54) is 4.90 Å². The van der Waals surface area contributed by atoms with Crippen LogP contribution in [0.2, 0.25) is 0 Å². The number of anilines is 1. The molecule has 1 aliphatic carbocycles. The highest BCUT2D eigenvalue weighted by molar-refractivity contribution is 5.93. The number of benzene rings is 1. The van der Waals surface area contributed by atoms with Crippen LogP contribution in [0, 0.1) is 11.8 Å². The quantitative estimate of drug-likeness (QED) is 0.816. The number of carbonyl (C=O) groups excluding carboxylic acids is 2. The van der Waals surface area contributed by atoms with E-state index in [1.54, 1.807) is 32.3 Å². The molecule has 0 spiro atoms. The second kappa shape index (κ2) is 9.49. The molecule has 0 unspecified atom stereocenters. The SMILES string of the molecule is CN(C)C(=O)COc1cccc(NC(=O)[C@@H]2CCC[C@@H]2CN)c1.Cl. The van der Waals surface area contributed by atoms with Crippen molar-refractivity contribution in [3.05, 3.63) is 24.3 Å². The second-order valence-corrected chi connectivity index (χ2v) is 6.13. The maximum Gasteiger partial charge on any atom is 0.259 e. The van der Waals surface area contributed by atoms with E-state index in [0.29, 0.717) is 18.0 Å². The first-order valence-electron chi connectivity index (χ1n) is 7.95. The zero-order chi connectivity index (χ0) is 16.8. The number of ether oxygens (including phenoxy) is 1. The van der Waals surface area contributed by atoms with Crippen LogP contribution in [0.1, 0.15) is 19.3 Å². The summed E-state index contributed by atoms with van der Waals surface area (Å²) in [6.07, 6.45) is 2.96. The fraction of sp³-hybridized carbons (Fsp3) is 0.529. The summed E-state index contributed by atoms with van der Waals surface area (Å²) in [6, 6.07) is 7.09. The standard InChI is InChI=1S/C17H25N3O3.ClH/c1-20(2)16(21)11-23-14-7-4-6-13(9-14)19-17(22)15-8-3-5-12(15)10-18;/h4,6-7,9,12,15H,3,5,8,10-11,18H2,1-2H3,(H,19,22);1H/t12-,15-;/m1./s1. The predicted molar refractivity (Wildman–Crippen MR) is 96.4 cm³/mol. The van der Waals surface area contributed by atoms with E-state index in [-0.39, 0.29) is 42.7 Å². The summed E-state index contributed by atoms with van der Waals surface area (Å²) < 4.78 is 5.46. The van der Waals surface area contributed by atoms with Crippen LogP contribution in [0.5, 0.6) is 5.75 Å². The van der Waals surface area contributed by atoms with Crippen LogP contribution in [0.3, 0.4) is 0 Å². The summed E-state index contributed by atoms with van der Waals surface area (Å²) in [5.41, 5.74) is 6.41. The van der Waals surface area contributed by atoms with Gasteiger partial charge in [0.2, 0.25) is 5.91 Å². The molecule has 134 valence electrons. The van der Waals surface area contributed by atoms with Crippen molar-refractivity contribution in [3.63, 3.8) is 0 Å². The van der Waals surface area contributed by atoms with Crippen molar-refractivity contribution >= 4 is 29.9 Å². The average molecular weight is 356 g/mol. The van der Waals surface area contributed by atoms with Gasteiger partial charge in [0.15, 0.2) is 6.61 Å². The van der Waals surface area contributed by atoms with E-state index < -0.39 is 0 Å². The smallest absolute Gasteiger partial charge is 0.259 e. The molecule has 0 bridgehead atoms. The number of hydrogen-bond acceptors (Lipinski definition) is 4. The van der Waals surface area contributed by atoms with Gasteiger partial charge in [0.05, 0.1) is 0 Å². The van der Waals surface area contributed by atoms with Crippen molar-refractivity contribution in [2.75, 3.05) is 32.6 Å². The minimum atomic E-state index is -0.115. The Morgan fingerprint density at radius 2 is 2.08 bits per heavy atom. The van der Waals surface area contributed by atoms with Crippen molar-refractivity contribution in [2.45, 2.75) is 19.3 Å². The van der Waals surface area contributed by atoms with Gasteiger partial charge in [0.25, 0.3) is 5.91 Å². The lowest BCUT2D eigenvalue weighted by atomic mass is 9.95. The summed E-state index contributed by atoms with van der Waals surface area (Å²) in [5, 5.41) is 2.93. The number of amides is 2. The van der Waals surface area contributed by atoms with E-state index in [1.807, 2.05) is 6.07 Å². The zero-order valence-corrected chi connectivity index (χ0v) is 15.0. The number of nitrogens with two attached hydrogens (primary N) is 1. The molecule has 1 saturated carbocycles. The highest BCUT2D eigenvalue weighted by atomic mass is 35.5. The van der Waals surface area contributed by atoms with E-state index in [2.05, 4.69) is 5.32 Å². The number of likely N-dealkylation sites (N-methyl/N-ethyl adjacent to an activating group) is 1. The lowest BCUT2D eigenvalue weighted by molar-refractivity contribution is -0.130. The van der Waals surface area contributed by atoms with Crippen molar-refractivity contribution in [1.82, 2.24) is 4.90 Å². The molecule has 1 fully saturated rings. The van der Waals surface area contributed by atoms with Gasteiger partial charge >= 0.3 is 0 Å². The van der Waals surface area contributed by atoms with Gasteiger partial charge in [0.1, 0.15) is 5.75 Å². The minimum absolute atomic E-state index is 0. The van der Waals surface area contributed by atoms with E-state index in [9.17, 15) is 9.59 Å². The molecule has 1 aromatic carbocycles. The molecule has 1 aromatic rings. The van der Waals surface area contributed by atoms with Gasteiger partial charge in [0, 0.05) is 31.8 Å². The Morgan fingerprint density at radius 1 is 1.33 bits per heavy atom. The van der Waals surface area contributed by atoms with Gasteiger partial charge < -0.3 is 20.7 Å². The van der Waals surface area contributed by atoms with Crippen LogP contribution in [-0.4, -0.2) is 44.0 Å². The third-order valence-electron chi connectivity index (χ3n) is 4.26. The molecule has 0 radical (unpaired) electrons. The lowest BCUT2D eigenvalue weighted by Gasteiger charge is -2.17. The van der Waals surface area contributed by atoms with Gasteiger partial charge in [-0.3, -0.25) is 9.59 Å². The molecule has 0 aromatic heterocycles. The Morgan fingerprint density at radius 3 is 2.75 bits per heavy atom. The molecular weight excluding hydrogens is 330 g/mol. The molecular formula is C17H26ClN3O3. The van der Waals surface area contributed by atoms with Crippen LogP contribution < -0.4 is 15.8 Å². The number of rotatable bonds is 6. The van der Waals surface area contributed by atoms with Gasteiger partial charge in [-0.15, -0.1) is 12.4 Å². The number of halogens is 1. The van der Waals surface area contributed by atoms with Crippen LogP contribution in [-0.2, 0) is 9.59 Å². The average Bonchev–Trinajstić information content (AvgIpc) is 3.01. The predicted octanol–water partition coefficient (Wildman–Crippen LogP) is 1.89. The van der Waals surface area contributed by atoms with Crippen molar-refractivity contribution in [1.29, 1.82) is 0 Å². The Kier molecular flexibility index (Phi) is 8.01. The van der Waals surface area contributed by atoms with Crippen molar-refractivity contribution in [3.8, 4) is 5.75 Å². The number of nitrogens with one attached hydrogen (secondary N) is 1. The fourth-order valence-corrected chi connectivity index (χ4v) is 2.84. The molecule has 3 N–H and O–H groups in total. The number of carbonyl (C=O) groups is 2. The van der Waals surface area contributed by atoms with E-state index >= 15 is 0 Å². The second-order valence-electron chi connectivity index (χ2n) is 6.13. The zero-order valence-electron chi connectivity index (χ0n) is 14.2. The molecule has 2 atom stereocenters. The Bertz CT molecular complexity index is 566. The Labute approximate surface area is 149 Å². The minimum Gasteiger partial charge on any atom is -0.484 e. The highest BCUT2D eigenvalue weighted by Crippen LogP contribution is 2.32. The topological polar surface area (TPSA) is 84.7 Å². The molecule has 6 nitrogen and oxygen atoms in total. The van der Waals surface area contributed by atoms with E-state index in [4.69, 9.17) is 10.5 Å². The molecule has 7 heteroatoms. The largest absolute Gasteiger partial charge is 0.484 e. The maximum absolute atomic E-state index is 12.4. The molecule has 1 aliphatic rings. The van der Waals surface area contributed by atoms with Crippen LogP contribution >= 0.6 is 12.4 Å². The Hall–Kier alpha value is -1.79.